The lowest BCUT2D eigenvalue weighted by molar-refractivity contribution is 0.0987. The lowest BCUT2D eigenvalue weighted by Crippen LogP contribution is -2.26. The Hall–Kier alpha value is -1.26. The highest BCUT2D eigenvalue weighted by Crippen LogP contribution is 2.09. The van der Waals surface area contributed by atoms with Gasteiger partial charge in [-0.1, -0.05) is 12.1 Å². The number of aryl methyl sites for hydroxylation is 1. The molecule has 1 aromatic rings. The minimum atomic E-state index is -0.345. The highest BCUT2D eigenvalue weighted by Gasteiger charge is 2.07. The van der Waals surface area contributed by atoms with Gasteiger partial charge in [-0.05, 0) is 18.6 Å². The summed E-state index contributed by atoms with van der Waals surface area (Å²) in [5.41, 5.74) is 0.942. The van der Waals surface area contributed by atoms with Gasteiger partial charge in [-0.2, -0.15) is 0 Å². The minimum absolute atomic E-state index is 0.116. The largest absolute Gasteiger partial charge is 0.383 e. The first-order chi connectivity index (χ1) is 7.65. The van der Waals surface area contributed by atoms with Crippen LogP contribution in [0.3, 0.4) is 0 Å². The molecule has 0 bridgehead atoms. The van der Waals surface area contributed by atoms with E-state index >= 15 is 0 Å². The van der Waals surface area contributed by atoms with E-state index in [2.05, 4.69) is 5.32 Å². The van der Waals surface area contributed by atoms with Gasteiger partial charge in [0.2, 0.25) is 0 Å². The highest BCUT2D eigenvalue weighted by atomic mass is 19.1. The maximum Gasteiger partial charge on any atom is 0.176 e. The number of hydrogen-bond acceptors (Lipinski definition) is 3. The number of carbonyl (C=O) groups excluding carboxylic acids is 1. The maximum atomic E-state index is 13.2. The number of ketones is 1. The van der Waals surface area contributed by atoms with Crippen LogP contribution >= 0.6 is 0 Å². The summed E-state index contributed by atoms with van der Waals surface area (Å²) in [6.45, 7) is 3.03. The Morgan fingerprint density at radius 2 is 2.25 bits per heavy atom. The standard InChI is InChI=1S/C12H16FNO2/c1-9-3-4-10(7-11(9)13)12(15)8-14-5-6-16-2/h3-4,7,14H,5-6,8H2,1-2H3. The van der Waals surface area contributed by atoms with Crippen LogP contribution in [0.4, 0.5) is 4.39 Å². The molecular formula is C12H16FNO2. The Labute approximate surface area is 94.6 Å². The van der Waals surface area contributed by atoms with E-state index in [0.717, 1.165) is 0 Å². The molecule has 0 heterocycles. The van der Waals surface area contributed by atoms with Crippen molar-refractivity contribution in [2.24, 2.45) is 0 Å². The second-order valence-electron chi connectivity index (χ2n) is 3.56. The summed E-state index contributed by atoms with van der Waals surface area (Å²) in [7, 11) is 1.60. The summed E-state index contributed by atoms with van der Waals surface area (Å²) in [5.74, 6) is -0.460. The second-order valence-corrected chi connectivity index (χ2v) is 3.56. The molecule has 3 nitrogen and oxygen atoms in total. The van der Waals surface area contributed by atoms with Gasteiger partial charge in [0.25, 0.3) is 0 Å². The van der Waals surface area contributed by atoms with Crippen molar-refractivity contribution in [3.8, 4) is 0 Å². The van der Waals surface area contributed by atoms with Crippen molar-refractivity contribution in [3.63, 3.8) is 0 Å². The summed E-state index contributed by atoms with van der Waals surface area (Å²) in [5, 5.41) is 2.92. The summed E-state index contributed by atoms with van der Waals surface area (Å²) < 4.78 is 18.0. The highest BCUT2D eigenvalue weighted by molar-refractivity contribution is 5.97. The molecule has 0 saturated heterocycles. The topological polar surface area (TPSA) is 38.3 Å². The lowest BCUT2D eigenvalue weighted by atomic mass is 10.1. The van der Waals surface area contributed by atoms with Gasteiger partial charge in [0, 0.05) is 19.2 Å². The van der Waals surface area contributed by atoms with Crippen LogP contribution in [0.15, 0.2) is 18.2 Å². The number of Topliss-reactive ketones (excluding diaryl/α,β-unsaturated/α-hetero) is 1. The van der Waals surface area contributed by atoms with Gasteiger partial charge in [0.05, 0.1) is 13.2 Å². The van der Waals surface area contributed by atoms with Crippen molar-refractivity contribution in [2.75, 3.05) is 26.8 Å². The molecule has 0 atom stereocenters. The average molecular weight is 225 g/mol. The normalized spacial score (nSPS) is 10.4. The molecule has 0 aliphatic rings. The van der Waals surface area contributed by atoms with Crippen LogP contribution in [0.1, 0.15) is 15.9 Å². The third-order valence-electron chi connectivity index (χ3n) is 2.26. The second kappa shape index (κ2) is 6.35. The molecule has 0 radical (unpaired) electrons. The molecule has 0 amide bonds. The van der Waals surface area contributed by atoms with Crippen LogP contribution in [0.5, 0.6) is 0 Å². The van der Waals surface area contributed by atoms with Crippen LogP contribution in [0.2, 0.25) is 0 Å². The molecule has 0 aliphatic heterocycles. The first-order valence-corrected chi connectivity index (χ1v) is 5.14. The number of rotatable bonds is 6. The fourth-order valence-electron chi connectivity index (χ4n) is 1.24. The van der Waals surface area contributed by atoms with Crippen LogP contribution in [0, 0.1) is 12.7 Å². The third kappa shape index (κ3) is 3.72. The summed E-state index contributed by atoms with van der Waals surface area (Å²) in [4.78, 5) is 11.6. The van der Waals surface area contributed by atoms with E-state index in [4.69, 9.17) is 4.74 Å². The van der Waals surface area contributed by atoms with Crippen LogP contribution in [-0.4, -0.2) is 32.6 Å². The fraction of sp³-hybridized carbons (Fsp3) is 0.417. The smallest absolute Gasteiger partial charge is 0.176 e. The zero-order valence-electron chi connectivity index (χ0n) is 9.55. The number of methoxy groups -OCH3 is 1. The summed E-state index contributed by atoms with van der Waals surface area (Å²) in [6.07, 6.45) is 0. The molecule has 0 aromatic heterocycles. The summed E-state index contributed by atoms with van der Waals surface area (Å²) >= 11 is 0. The Bertz CT molecular complexity index is 366. The summed E-state index contributed by atoms with van der Waals surface area (Å²) in [6, 6.07) is 4.52. The Morgan fingerprint density at radius 3 is 2.88 bits per heavy atom. The van der Waals surface area contributed by atoms with Crippen molar-refractivity contribution in [3.05, 3.63) is 35.1 Å². The number of halogens is 1. The van der Waals surface area contributed by atoms with E-state index in [-0.39, 0.29) is 18.1 Å². The molecule has 4 heteroatoms. The molecule has 1 aromatic carbocycles. The minimum Gasteiger partial charge on any atom is -0.383 e. The molecule has 0 unspecified atom stereocenters. The predicted octanol–water partition coefficient (Wildman–Crippen LogP) is 1.55. The first-order valence-electron chi connectivity index (χ1n) is 5.14. The monoisotopic (exact) mass is 225 g/mol. The van der Waals surface area contributed by atoms with Gasteiger partial charge in [-0.15, -0.1) is 0 Å². The van der Waals surface area contributed by atoms with Gasteiger partial charge >= 0.3 is 0 Å². The Kier molecular flexibility index (Phi) is 5.08. The van der Waals surface area contributed by atoms with Crippen molar-refractivity contribution in [1.29, 1.82) is 0 Å². The number of hydrogen-bond donors (Lipinski definition) is 1. The Morgan fingerprint density at radius 1 is 1.50 bits per heavy atom. The van der Waals surface area contributed by atoms with E-state index in [1.54, 1.807) is 26.2 Å². The Balaban J connectivity index is 2.50. The zero-order chi connectivity index (χ0) is 12.0. The van der Waals surface area contributed by atoms with Gasteiger partial charge in [-0.25, -0.2) is 4.39 Å². The van der Waals surface area contributed by atoms with Gasteiger partial charge in [0.15, 0.2) is 5.78 Å². The van der Waals surface area contributed by atoms with E-state index in [0.29, 0.717) is 24.3 Å². The molecule has 16 heavy (non-hydrogen) atoms. The van der Waals surface area contributed by atoms with E-state index < -0.39 is 0 Å². The number of carbonyl (C=O) groups is 1. The fourth-order valence-corrected chi connectivity index (χ4v) is 1.24. The van der Waals surface area contributed by atoms with Crippen LogP contribution < -0.4 is 5.32 Å². The molecule has 1 N–H and O–H groups in total. The van der Waals surface area contributed by atoms with E-state index in [9.17, 15) is 9.18 Å². The average Bonchev–Trinajstić information content (AvgIpc) is 2.28. The van der Waals surface area contributed by atoms with Crippen molar-refractivity contribution in [2.45, 2.75) is 6.92 Å². The molecule has 1 rings (SSSR count). The van der Waals surface area contributed by atoms with Crippen molar-refractivity contribution < 1.29 is 13.9 Å². The van der Waals surface area contributed by atoms with Gasteiger partial charge in [-0.3, -0.25) is 4.79 Å². The molecule has 88 valence electrons. The first kappa shape index (κ1) is 12.8. The quantitative estimate of drug-likeness (QED) is 0.589. The van der Waals surface area contributed by atoms with E-state index in [1.165, 1.54) is 6.07 Å². The van der Waals surface area contributed by atoms with Gasteiger partial charge in [0.1, 0.15) is 5.82 Å². The van der Waals surface area contributed by atoms with Crippen molar-refractivity contribution in [1.82, 2.24) is 5.32 Å². The third-order valence-corrected chi connectivity index (χ3v) is 2.26. The number of ether oxygens (including phenoxy) is 1. The molecule has 0 spiro atoms. The maximum absolute atomic E-state index is 13.2. The van der Waals surface area contributed by atoms with E-state index in [1.807, 2.05) is 0 Å². The number of nitrogens with one attached hydrogen (secondary N) is 1. The SMILES string of the molecule is COCCNCC(=O)c1ccc(C)c(F)c1. The zero-order valence-corrected chi connectivity index (χ0v) is 9.55. The molecular weight excluding hydrogens is 209 g/mol. The van der Waals surface area contributed by atoms with Crippen molar-refractivity contribution >= 4 is 5.78 Å². The molecule has 0 fully saturated rings. The van der Waals surface area contributed by atoms with Crippen LogP contribution in [-0.2, 0) is 4.74 Å². The molecule has 0 saturated carbocycles. The molecule has 0 aliphatic carbocycles. The predicted molar refractivity (Wildman–Crippen MR) is 60.2 cm³/mol. The lowest BCUT2D eigenvalue weighted by Gasteiger charge is -2.04. The number of benzene rings is 1. The van der Waals surface area contributed by atoms with Gasteiger partial charge < -0.3 is 10.1 Å². The van der Waals surface area contributed by atoms with Crippen LogP contribution in [0.25, 0.3) is 0 Å².